The molecule has 0 aromatic heterocycles. The third kappa shape index (κ3) is 3.74. The van der Waals surface area contributed by atoms with Crippen LogP contribution >= 0.6 is 0 Å². The minimum Gasteiger partial charge on any atom is -0.383 e. The summed E-state index contributed by atoms with van der Waals surface area (Å²) < 4.78 is 53.1. The summed E-state index contributed by atoms with van der Waals surface area (Å²) in [5.41, 5.74) is 0. The highest BCUT2D eigenvalue weighted by Crippen LogP contribution is 2.22. The minimum absolute atomic E-state index is 0.109. The van der Waals surface area contributed by atoms with Crippen molar-refractivity contribution in [3.05, 3.63) is 24.3 Å². The minimum atomic E-state index is -4.11. The summed E-state index contributed by atoms with van der Waals surface area (Å²) in [6.45, 7) is 0.311. The second-order valence-electron chi connectivity index (χ2n) is 3.81. The molecule has 0 amide bonds. The predicted molar refractivity (Wildman–Crippen MR) is 69.5 cm³/mol. The lowest BCUT2D eigenvalue weighted by molar-refractivity contribution is 0.185. The van der Waals surface area contributed by atoms with Crippen LogP contribution < -0.4 is 5.14 Å². The largest absolute Gasteiger partial charge is 0.383 e. The lowest BCUT2D eigenvalue weighted by atomic mass is 10.4. The molecule has 0 aliphatic carbocycles. The Morgan fingerprint density at radius 1 is 1.16 bits per heavy atom. The van der Waals surface area contributed by atoms with E-state index < -0.39 is 24.9 Å². The van der Waals surface area contributed by atoms with E-state index in [0.717, 1.165) is 10.4 Å². The van der Waals surface area contributed by atoms with E-state index in [0.29, 0.717) is 0 Å². The first-order valence-electron chi connectivity index (χ1n) is 5.28. The van der Waals surface area contributed by atoms with Gasteiger partial charge >= 0.3 is 0 Å². The highest BCUT2D eigenvalue weighted by molar-refractivity contribution is 7.92. The van der Waals surface area contributed by atoms with Gasteiger partial charge in [-0.25, -0.2) is 22.0 Å². The van der Waals surface area contributed by atoms with Gasteiger partial charge in [-0.2, -0.15) is 4.31 Å². The second-order valence-corrected chi connectivity index (χ2v) is 7.35. The maximum atomic E-state index is 12.3. The van der Waals surface area contributed by atoms with Gasteiger partial charge in [0.2, 0.25) is 20.0 Å². The average molecular weight is 308 g/mol. The lowest BCUT2D eigenvalue weighted by Gasteiger charge is -2.18. The smallest absolute Gasteiger partial charge is 0.244 e. The number of hydrogen-bond acceptors (Lipinski definition) is 5. The Bertz CT molecular complexity index is 640. The third-order valence-corrected chi connectivity index (χ3v) is 5.47. The van der Waals surface area contributed by atoms with E-state index in [2.05, 4.69) is 0 Å². The molecule has 19 heavy (non-hydrogen) atoms. The van der Waals surface area contributed by atoms with Crippen molar-refractivity contribution in [1.82, 2.24) is 4.31 Å². The van der Waals surface area contributed by atoms with Crippen molar-refractivity contribution in [2.24, 2.45) is 5.14 Å². The van der Waals surface area contributed by atoms with Crippen LogP contribution in [-0.2, 0) is 24.8 Å². The summed E-state index contributed by atoms with van der Waals surface area (Å²) in [5, 5.41) is 5.02. The highest BCUT2D eigenvalue weighted by Gasteiger charge is 2.27. The first kappa shape index (κ1) is 16.1. The van der Waals surface area contributed by atoms with Gasteiger partial charge in [-0.3, -0.25) is 0 Å². The molecule has 2 N–H and O–H groups in total. The van der Waals surface area contributed by atoms with Gasteiger partial charge in [0.1, 0.15) is 9.79 Å². The zero-order valence-electron chi connectivity index (χ0n) is 10.6. The number of benzene rings is 1. The molecule has 0 aliphatic rings. The monoisotopic (exact) mass is 308 g/mol. The molecule has 7 nitrogen and oxygen atoms in total. The molecule has 1 aromatic carbocycles. The molecule has 108 valence electrons. The zero-order chi connectivity index (χ0) is 14.7. The topological polar surface area (TPSA) is 107 Å². The molecule has 0 fully saturated rings. The van der Waals surface area contributed by atoms with Crippen molar-refractivity contribution >= 4 is 20.0 Å². The van der Waals surface area contributed by atoms with Gasteiger partial charge in [-0.05, 0) is 12.1 Å². The van der Waals surface area contributed by atoms with Crippen LogP contribution in [0.5, 0.6) is 0 Å². The van der Waals surface area contributed by atoms with E-state index in [1.54, 1.807) is 0 Å². The van der Waals surface area contributed by atoms with Crippen LogP contribution in [0.25, 0.3) is 0 Å². The van der Waals surface area contributed by atoms with Gasteiger partial charge in [-0.15, -0.1) is 0 Å². The number of rotatable bonds is 6. The summed E-state index contributed by atoms with van der Waals surface area (Å²) in [4.78, 5) is -0.754. The average Bonchev–Trinajstić information content (AvgIpc) is 2.34. The highest BCUT2D eigenvalue weighted by atomic mass is 32.2. The molecule has 1 rings (SSSR count). The summed E-state index contributed by atoms with van der Waals surface area (Å²) in [6, 6.07) is 5.21. The number of primary sulfonamides is 1. The van der Waals surface area contributed by atoms with Crippen molar-refractivity contribution < 1.29 is 21.6 Å². The van der Waals surface area contributed by atoms with E-state index in [-0.39, 0.29) is 18.0 Å². The number of ether oxygens (including phenoxy) is 1. The SMILES string of the molecule is COCCN(C)S(=O)(=O)c1ccccc1S(N)(=O)=O. The maximum absolute atomic E-state index is 12.3. The van der Waals surface area contributed by atoms with Gasteiger partial charge in [-0.1, -0.05) is 12.1 Å². The first-order valence-corrected chi connectivity index (χ1v) is 8.27. The Morgan fingerprint density at radius 3 is 2.16 bits per heavy atom. The summed E-state index contributed by atoms with van der Waals surface area (Å²) in [6.07, 6.45) is 0. The molecule has 0 spiro atoms. The fourth-order valence-electron chi connectivity index (χ4n) is 1.41. The number of likely N-dealkylation sites (N-methyl/N-ethyl adjacent to an activating group) is 1. The van der Waals surface area contributed by atoms with Gasteiger partial charge < -0.3 is 4.74 Å². The number of nitrogens with two attached hydrogens (primary N) is 1. The number of methoxy groups -OCH3 is 1. The fourth-order valence-corrected chi connectivity index (χ4v) is 3.91. The van der Waals surface area contributed by atoms with Crippen LogP contribution in [-0.4, -0.2) is 48.4 Å². The normalized spacial score (nSPS) is 12.8. The van der Waals surface area contributed by atoms with Crippen molar-refractivity contribution in [2.45, 2.75) is 9.79 Å². The molecule has 1 aromatic rings. The van der Waals surface area contributed by atoms with Crippen LogP contribution in [0.15, 0.2) is 34.1 Å². The molecule has 0 atom stereocenters. The maximum Gasteiger partial charge on any atom is 0.244 e. The molecule has 0 saturated heterocycles. The summed E-state index contributed by atoms with van der Waals surface area (Å²) in [7, 11) is -5.25. The molecule has 0 saturated carbocycles. The van der Waals surface area contributed by atoms with Crippen molar-refractivity contribution in [3.8, 4) is 0 Å². The van der Waals surface area contributed by atoms with Gasteiger partial charge in [0, 0.05) is 20.7 Å². The van der Waals surface area contributed by atoms with E-state index in [1.165, 1.54) is 32.4 Å². The molecule has 9 heteroatoms. The first-order chi connectivity index (χ1) is 8.71. The Labute approximate surface area is 113 Å². The molecule has 0 aliphatic heterocycles. The Balaban J connectivity index is 3.30. The molecule has 0 unspecified atom stereocenters. The lowest BCUT2D eigenvalue weighted by Crippen LogP contribution is -2.31. The molecule has 0 bridgehead atoms. The van der Waals surface area contributed by atoms with E-state index in [9.17, 15) is 16.8 Å². The Morgan fingerprint density at radius 2 is 1.68 bits per heavy atom. The second kappa shape index (κ2) is 5.97. The zero-order valence-corrected chi connectivity index (χ0v) is 12.2. The molecule has 0 heterocycles. The van der Waals surface area contributed by atoms with E-state index in [4.69, 9.17) is 9.88 Å². The van der Waals surface area contributed by atoms with Crippen molar-refractivity contribution in [1.29, 1.82) is 0 Å². The van der Waals surface area contributed by atoms with Gasteiger partial charge in [0.05, 0.1) is 6.61 Å². The third-order valence-electron chi connectivity index (χ3n) is 2.45. The fraction of sp³-hybridized carbons (Fsp3) is 0.400. The van der Waals surface area contributed by atoms with Crippen molar-refractivity contribution in [3.63, 3.8) is 0 Å². The molecular formula is C10H16N2O5S2. The van der Waals surface area contributed by atoms with Crippen LogP contribution in [0, 0.1) is 0 Å². The van der Waals surface area contributed by atoms with Crippen LogP contribution in [0.4, 0.5) is 0 Å². The van der Waals surface area contributed by atoms with E-state index >= 15 is 0 Å². The summed E-state index contributed by atoms with van der Waals surface area (Å²) >= 11 is 0. The number of sulfonamides is 2. The van der Waals surface area contributed by atoms with Crippen LogP contribution in [0.3, 0.4) is 0 Å². The Hall–Kier alpha value is -1.00. The predicted octanol–water partition coefficient (Wildman–Crippen LogP) is -0.399. The Kier molecular flexibility index (Phi) is 5.04. The van der Waals surface area contributed by atoms with Crippen LogP contribution in [0.1, 0.15) is 0 Å². The standard InChI is InChI=1S/C10H16N2O5S2/c1-12(7-8-17-2)19(15,16)10-6-4-3-5-9(10)18(11,13)14/h3-6H,7-8H2,1-2H3,(H2,11,13,14). The van der Waals surface area contributed by atoms with Gasteiger partial charge in [0.15, 0.2) is 0 Å². The molecular weight excluding hydrogens is 292 g/mol. The number of hydrogen-bond donors (Lipinski definition) is 1. The molecule has 0 radical (unpaired) electrons. The number of nitrogens with zero attached hydrogens (tertiary/aromatic N) is 1. The van der Waals surface area contributed by atoms with Gasteiger partial charge in [0.25, 0.3) is 0 Å². The quantitative estimate of drug-likeness (QED) is 0.769. The summed E-state index contributed by atoms with van der Waals surface area (Å²) in [5.74, 6) is 0. The van der Waals surface area contributed by atoms with E-state index in [1.807, 2.05) is 0 Å². The van der Waals surface area contributed by atoms with Crippen LogP contribution in [0.2, 0.25) is 0 Å². The van der Waals surface area contributed by atoms with Crippen molar-refractivity contribution in [2.75, 3.05) is 27.3 Å².